The first-order chi connectivity index (χ1) is 12.6. The number of hydrogen-bond acceptors (Lipinski definition) is 3. The Bertz CT molecular complexity index is 946. The predicted octanol–water partition coefficient (Wildman–Crippen LogP) is 4.42. The Hall–Kier alpha value is -2.40. The summed E-state index contributed by atoms with van der Waals surface area (Å²) in [5, 5.41) is 4.54. The number of aromatic nitrogens is 1. The number of benzene rings is 1. The summed E-state index contributed by atoms with van der Waals surface area (Å²) in [5.74, 6) is 1.52. The number of rotatable bonds is 5. The second-order valence-corrected chi connectivity index (χ2v) is 7.16. The highest BCUT2D eigenvalue weighted by Crippen LogP contribution is 2.38. The highest BCUT2D eigenvalue weighted by Gasteiger charge is 2.27. The Kier molecular flexibility index (Phi) is 4.41. The summed E-state index contributed by atoms with van der Waals surface area (Å²) >= 11 is 6.36. The Morgan fingerprint density at radius 2 is 2.27 bits per heavy atom. The summed E-state index contributed by atoms with van der Waals surface area (Å²) in [4.78, 5) is 12.9. The zero-order valence-electron chi connectivity index (χ0n) is 14.8. The van der Waals surface area contributed by atoms with E-state index in [1.165, 1.54) is 0 Å². The second kappa shape index (κ2) is 6.72. The lowest BCUT2D eigenvalue weighted by Crippen LogP contribution is -2.36. The number of halogens is 1. The molecule has 0 bridgehead atoms. The van der Waals surface area contributed by atoms with Crippen molar-refractivity contribution in [2.75, 3.05) is 0 Å². The van der Waals surface area contributed by atoms with Crippen LogP contribution < -0.4 is 10.1 Å². The zero-order chi connectivity index (χ0) is 18.3. The third kappa shape index (κ3) is 2.97. The molecule has 0 unspecified atom stereocenters. The molecule has 1 aliphatic heterocycles. The number of carbonyl (C=O) groups is 1. The van der Waals surface area contributed by atoms with Gasteiger partial charge in [0.1, 0.15) is 23.3 Å². The lowest BCUT2D eigenvalue weighted by Gasteiger charge is -2.26. The van der Waals surface area contributed by atoms with E-state index in [1.807, 2.05) is 41.8 Å². The van der Waals surface area contributed by atoms with Crippen LogP contribution in [0.5, 0.6) is 5.75 Å². The van der Waals surface area contributed by atoms with Crippen LogP contribution in [-0.4, -0.2) is 22.6 Å². The Morgan fingerprint density at radius 3 is 3.00 bits per heavy atom. The van der Waals surface area contributed by atoms with Crippen molar-refractivity contribution in [3.8, 4) is 5.75 Å². The summed E-state index contributed by atoms with van der Waals surface area (Å²) in [6.07, 6.45) is 3.21. The molecule has 0 saturated carbocycles. The molecular formula is C20H21ClN2O3. The number of ether oxygens (including phenoxy) is 1. The van der Waals surface area contributed by atoms with Crippen LogP contribution in [-0.2, 0) is 13.0 Å². The molecule has 1 aromatic carbocycles. The summed E-state index contributed by atoms with van der Waals surface area (Å²) in [6, 6.07) is 9.27. The minimum Gasteiger partial charge on any atom is -0.486 e. The fraction of sp³-hybridized carbons (Fsp3) is 0.350. The van der Waals surface area contributed by atoms with Crippen LogP contribution in [0.1, 0.15) is 36.5 Å². The molecule has 0 saturated heterocycles. The molecule has 136 valence electrons. The van der Waals surface area contributed by atoms with Gasteiger partial charge >= 0.3 is 0 Å². The number of furan rings is 1. The van der Waals surface area contributed by atoms with Crippen molar-refractivity contribution in [2.45, 2.75) is 45.4 Å². The first-order valence-electron chi connectivity index (χ1n) is 8.88. The molecule has 6 heteroatoms. The van der Waals surface area contributed by atoms with Gasteiger partial charge in [-0.25, -0.2) is 0 Å². The molecule has 1 amide bonds. The van der Waals surface area contributed by atoms with Gasteiger partial charge in [-0.15, -0.1) is 0 Å². The summed E-state index contributed by atoms with van der Waals surface area (Å²) < 4.78 is 13.4. The standard InChI is InChI=1S/C20H21ClN2O3/c1-3-13-11-23-17(10-15-16(21)6-7-18(26-13)19(15)23)20(24)22-12(2)9-14-5-4-8-25-14/h4-8,10,12-13H,3,9,11H2,1-2H3,(H,22,24)/t12-,13-/m1/s1. The van der Waals surface area contributed by atoms with Gasteiger partial charge in [0, 0.05) is 17.8 Å². The molecule has 0 aliphatic carbocycles. The van der Waals surface area contributed by atoms with E-state index in [1.54, 1.807) is 6.26 Å². The highest BCUT2D eigenvalue weighted by atomic mass is 35.5. The predicted molar refractivity (Wildman–Crippen MR) is 101 cm³/mol. The van der Waals surface area contributed by atoms with Crippen LogP contribution in [0.4, 0.5) is 0 Å². The van der Waals surface area contributed by atoms with Gasteiger partial charge in [-0.1, -0.05) is 18.5 Å². The summed E-state index contributed by atoms with van der Waals surface area (Å²) in [6.45, 7) is 4.69. The van der Waals surface area contributed by atoms with E-state index in [9.17, 15) is 4.79 Å². The van der Waals surface area contributed by atoms with Crippen LogP contribution in [0.2, 0.25) is 5.02 Å². The molecular weight excluding hydrogens is 352 g/mol. The van der Waals surface area contributed by atoms with E-state index in [0.29, 0.717) is 23.7 Å². The fourth-order valence-corrected chi connectivity index (χ4v) is 3.71. The molecule has 2 aromatic heterocycles. The number of nitrogens with zero attached hydrogens (tertiary/aromatic N) is 1. The van der Waals surface area contributed by atoms with E-state index >= 15 is 0 Å². The minimum atomic E-state index is -0.112. The van der Waals surface area contributed by atoms with Crippen molar-refractivity contribution < 1.29 is 13.9 Å². The molecule has 1 aliphatic rings. The molecule has 5 nitrogen and oxygen atoms in total. The third-order valence-corrected chi connectivity index (χ3v) is 5.13. The maximum Gasteiger partial charge on any atom is 0.268 e. The molecule has 3 aromatic rings. The third-order valence-electron chi connectivity index (χ3n) is 4.80. The fourth-order valence-electron chi connectivity index (χ4n) is 3.50. The smallest absolute Gasteiger partial charge is 0.268 e. The van der Waals surface area contributed by atoms with Crippen molar-refractivity contribution in [3.05, 3.63) is 53.1 Å². The van der Waals surface area contributed by atoms with Crippen molar-refractivity contribution in [1.82, 2.24) is 9.88 Å². The van der Waals surface area contributed by atoms with Gasteiger partial charge in [-0.2, -0.15) is 0 Å². The van der Waals surface area contributed by atoms with Crippen LogP contribution >= 0.6 is 11.6 Å². The molecule has 3 heterocycles. The quantitative estimate of drug-likeness (QED) is 0.721. The molecule has 0 radical (unpaired) electrons. The van der Waals surface area contributed by atoms with E-state index in [0.717, 1.165) is 28.8 Å². The van der Waals surface area contributed by atoms with Crippen LogP contribution in [0.25, 0.3) is 10.9 Å². The van der Waals surface area contributed by atoms with Crippen molar-refractivity contribution in [1.29, 1.82) is 0 Å². The van der Waals surface area contributed by atoms with Crippen molar-refractivity contribution in [2.24, 2.45) is 0 Å². The molecule has 0 fully saturated rings. The number of amides is 1. The SMILES string of the molecule is CC[C@@H]1Cn2c(C(=O)N[C@H](C)Cc3ccco3)cc3c(Cl)ccc(c32)O1. The topological polar surface area (TPSA) is 56.4 Å². The molecule has 1 N–H and O–H groups in total. The average molecular weight is 373 g/mol. The van der Waals surface area contributed by atoms with Crippen molar-refractivity contribution >= 4 is 28.4 Å². The number of nitrogens with one attached hydrogen (secondary N) is 1. The maximum atomic E-state index is 12.9. The van der Waals surface area contributed by atoms with Gasteiger partial charge in [-0.3, -0.25) is 4.79 Å². The van der Waals surface area contributed by atoms with Crippen LogP contribution in [0.3, 0.4) is 0 Å². The lowest BCUT2D eigenvalue weighted by atomic mass is 10.2. The van der Waals surface area contributed by atoms with Gasteiger partial charge < -0.3 is 19.0 Å². The Balaban J connectivity index is 1.65. The van der Waals surface area contributed by atoms with E-state index in [-0.39, 0.29) is 18.1 Å². The molecule has 4 rings (SSSR count). The van der Waals surface area contributed by atoms with Crippen LogP contribution in [0, 0.1) is 0 Å². The highest BCUT2D eigenvalue weighted by molar-refractivity contribution is 6.36. The van der Waals surface area contributed by atoms with Crippen molar-refractivity contribution in [3.63, 3.8) is 0 Å². The molecule has 0 spiro atoms. The molecule has 26 heavy (non-hydrogen) atoms. The normalized spacial score (nSPS) is 17.1. The Morgan fingerprint density at radius 1 is 1.42 bits per heavy atom. The van der Waals surface area contributed by atoms with E-state index in [4.69, 9.17) is 20.8 Å². The first kappa shape index (κ1) is 17.0. The Labute approximate surface area is 156 Å². The van der Waals surface area contributed by atoms with Gasteiger partial charge in [-0.05, 0) is 43.7 Å². The lowest BCUT2D eigenvalue weighted by molar-refractivity contribution is 0.0923. The number of hydrogen-bond donors (Lipinski definition) is 1. The first-order valence-corrected chi connectivity index (χ1v) is 9.26. The monoisotopic (exact) mass is 372 g/mol. The van der Waals surface area contributed by atoms with Gasteiger partial charge in [0.05, 0.1) is 23.3 Å². The summed E-state index contributed by atoms with van der Waals surface area (Å²) in [7, 11) is 0. The maximum absolute atomic E-state index is 12.9. The largest absolute Gasteiger partial charge is 0.486 e. The van der Waals surface area contributed by atoms with Gasteiger partial charge in [0.15, 0.2) is 0 Å². The summed E-state index contributed by atoms with van der Waals surface area (Å²) in [5.41, 5.74) is 1.51. The number of carbonyl (C=O) groups excluding carboxylic acids is 1. The average Bonchev–Trinajstić information content (AvgIpc) is 3.26. The van der Waals surface area contributed by atoms with Crippen LogP contribution in [0.15, 0.2) is 41.0 Å². The van der Waals surface area contributed by atoms with Gasteiger partial charge in [0.25, 0.3) is 5.91 Å². The molecule has 2 atom stereocenters. The van der Waals surface area contributed by atoms with Gasteiger partial charge in [0.2, 0.25) is 0 Å². The minimum absolute atomic E-state index is 0.0452. The van der Waals surface area contributed by atoms with E-state index < -0.39 is 0 Å². The van der Waals surface area contributed by atoms with E-state index in [2.05, 4.69) is 12.2 Å². The second-order valence-electron chi connectivity index (χ2n) is 6.75. The zero-order valence-corrected chi connectivity index (χ0v) is 15.5.